The van der Waals surface area contributed by atoms with Gasteiger partial charge in [-0.05, 0) is 59.0 Å². The molecule has 2 aromatic heterocycles. The van der Waals surface area contributed by atoms with Crippen LogP contribution in [-0.2, 0) is 25.7 Å². The van der Waals surface area contributed by atoms with Gasteiger partial charge in [0, 0.05) is 28.3 Å². The van der Waals surface area contributed by atoms with Crippen LogP contribution in [0.5, 0.6) is 0 Å². The second-order valence-corrected chi connectivity index (χ2v) is 9.23. The Labute approximate surface area is 200 Å². The minimum atomic E-state index is 0.989. The number of aryl methyl sites for hydroxylation is 2. The first-order valence-electron chi connectivity index (χ1n) is 12.2. The molecule has 3 aromatic carbocycles. The van der Waals surface area contributed by atoms with Crippen molar-refractivity contribution in [2.75, 3.05) is 0 Å². The van der Waals surface area contributed by atoms with E-state index in [0.717, 1.165) is 31.5 Å². The minimum absolute atomic E-state index is 0.989. The van der Waals surface area contributed by atoms with Crippen molar-refractivity contribution < 1.29 is 4.57 Å². The van der Waals surface area contributed by atoms with E-state index in [4.69, 9.17) is 4.98 Å². The Morgan fingerprint density at radius 2 is 1.09 bits per heavy atom. The van der Waals surface area contributed by atoms with Crippen LogP contribution in [0, 0.1) is 0 Å². The molecule has 34 heavy (non-hydrogen) atoms. The Morgan fingerprint density at radius 1 is 0.529 bits per heavy atom. The zero-order valence-electron chi connectivity index (χ0n) is 19.0. The zero-order valence-corrected chi connectivity index (χ0v) is 19.0. The first-order valence-corrected chi connectivity index (χ1v) is 12.2. The van der Waals surface area contributed by atoms with Gasteiger partial charge in [0.2, 0.25) is 0 Å². The minimum Gasteiger partial charge on any atom is -0.188 e. The molecule has 0 atom stereocenters. The molecule has 0 unspecified atom stereocenters. The monoisotopic (exact) mass is 437 g/mol. The molecule has 0 bridgehead atoms. The van der Waals surface area contributed by atoms with E-state index in [1.165, 1.54) is 55.9 Å². The van der Waals surface area contributed by atoms with Crippen molar-refractivity contribution in [2.24, 2.45) is 0 Å². The van der Waals surface area contributed by atoms with Crippen LogP contribution in [0.2, 0.25) is 0 Å². The number of pyridine rings is 2. The second kappa shape index (κ2) is 7.78. The molecule has 0 amide bonds. The van der Waals surface area contributed by atoms with E-state index >= 15 is 0 Å². The summed E-state index contributed by atoms with van der Waals surface area (Å²) in [6.07, 6.45) is 6.13. The molecule has 0 saturated heterocycles. The highest BCUT2D eigenvalue weighted by molar-refractivity contribution is 5.85. The molecular formula is C32H25N2+. The maximum absolute atomic E-state index is 4.88. The van der Waals surface area contributed by atoms with Gasteiger partial charge in [-0.1, -0.05) is 84.9 Å². The first kappa shape index (κ1) is 19.4. The van der Waals surface area contributed by atoms with Crippen LogP contribution >= 0.6 is 0 Å². The van der Waals surface area contributed by atoms with Crippen LogP contribution in [0.25, 0.3) is 39.5 Å². The lowest BCUT2D eigenvalue weighted by Gasteiger charge is -2.30. The Kier molecular flexibility index (Phi) is 4.44. The van der Waals surface area contributed by atoms with Crippen LogP contribution in [0.15, 0.2) is 103 Å². The molecular weight excluding hydrogens is 412 g/mol. The lowest BCUT2D eigenvalue weighted by molar-refractivity contribution is -0.577. The molecule has 2 aliphatic rings. The topological polar surface area (TPSA) is 16.8 Å². The molecule has 0 fully saturated rings. The summed E-state index contributed by atoms with van der Waals surface area (Å²) >= 11 is 0. The number of fused-ring (bicyclic) bond motifs is 6. The molecule has 0 radical (unpaired) electrons. The second-order valence-electron chi connectivity index (χ2n) is 9.23. The van der Waals surface area contributed by atoms with Crippen molar-refractivity contribution >= 4 is 0 Å². The van der Waals surface area contributed by atoms with Gasteiger partial charge in [0.1, 0.15) is 17.6 Å². The highest BCUT2D eigenvalue weighted by Crippen LogP contribution is 2.45. The third-order valence-electron chi connectivity index (χ3n) is 7.40. The van der Waals surface area contributed by atoms with Gasteiger partial charge in [-0.15, -0.1) is 0 Å². The van der Waals surface area contributed by atoms with E-state index in [2.05, 4.69) is 95.6 Å². The third-order valence-corrected chi connectivity index (χ3v) is 7.40. The van der Waals surface area contributed by atoms with E-state index in [0.29, 0.717) is 0 Å². The van der Waals surface area contributed by atoms with Gasteiger partial charge in [0.15, 0.2) is 0 Å². The molecule has 2 heterocycles. The summed E-state index contributed by atoms with van der Waals surface area (Å²) in [4.78, 5) is 4.88. The van der Waals surface area contributed by atoms with Crippen LogP contribution in [0.1, 0.15) is 22.3 Å². The average molecular weight is 438 g/mol. The standard InChI is InChI=1S/C32H25N2/c1-2-12-24(13-3-1)30-27-19-17-22-10-4-6-14-25(22)31(27)34(29-16-8-9-21-33-29)32-26-15-7-5-11-23(26)18-20-28(30)32/h1-16,21H,17-20H2/q+1. The van der Waals surface area contributed by atoms with Gasteiger partial charge in [-0.3, -0.25) is 0 Å². The SMILES string of the molecule is c1ccc(-c2c3c([n+](-c4ccccn4)c4c2CCc2ccccc2-4)-c2ccccc2CC3)cc1. The van der Waals surface area contributed by atoms with Crippen molar-refractivity contribution in [1.82, 2.24) is 4.98 Å². The number of hydrogen-bond acceptors (Lipinski definition) is 1. The summed E-state index contributed by atoms with van der Waals surface area (Å²) in [6, 6.07) is 35.1. The molecule has 0 saturated carbocycles. The fourth-order valence-electron chi connectivity index (χ4n) is 5.98. The van der Waals surface area contributed by atoms with E-state index in [1.54, 1.807) is 0 Å². The molecule has 0 aliphatic heterocycles. The number of hydrogen-bond donors (Lipinski definition) is 0. The van der Waals surface area contributed by atoms with Gasteiger partial charge >= 0.3 is 5.82 Å². The Morgan fingerprint density at radius 3 is 1.68 bits per heavy atom. The van der Waals surface area contributed by atoms with Crippen LogP contribution in [-0.4, -0.2) is 4.98 Å². The molecule has 0 N–H and O–H groups in total. The predicted octanol–water partition coefficient (Wildman–Crippen LogP) is 6.56. The van der Waals surface area contributed by atoms with Crippen molar-refractivity contribution in [2.45, 2.75) is 25.7 Å². The quantitative estimate of drug-likeness (QED) is 0.286. The van der Waals surface area contributed by atoms with Crippen molar-refractivity contribution in [3.63, 3.8) is 0 Å². The number of aromatic nitrogens is 2. The average Bonchev–Trinajstić information content (AvgIpc) is 2.92. The molecule has 5 aromatic rings. The largest absolute Gasteiger partial charge is 0.328 e. The molecule has 162 valence electrons. The summed E-state index contributed by atoms with van der Waals surface area (Å²) in [5.41, 5.74) is 13.8. The molecule has 2 aliphatic carbocycles. The van der Waals surface area contributed by atoms with E-state index in [9.17, 15) is 0 Å². The number of nitrogens with zero attached hydrogens (tertiary/aromatic N) is 2. The lowest BCUT2D eigenvalue weighted by Crippen LogP contribution is -2.42. The van der Waals surface area contributed by atoms with Gasteiger partial charge < -0.3 is 0 Å². The number of rotatable bonds is 2. The van der Waals surface area contributed by atoms with Gasteiger partial charge in [0.25, 0.3) is 0 Å². The normalized spacial score (nSPS) is 13.4. The highest BCUT2D eigenvalue weighted by Gasteiger charge is 2.36. The number of benzene rings is 3. The van der Waals surface area contributed by atoms with Crippen LogP contribution < -0.4 is 4.57 Å². The summed E-state index contributed by atoms with van der Waals surface area (Å²) in [5, 5.41) is 0. The molecule has 7 rings (SSSR count). The van der Waals surface area contributed by atoms with Crippen LogP contribution in [0.4, 0.5) is 0 Å². The zero-order chi connectivity index (χ0) is 22.5. The van der Waals surface area contributed by atoms with E-state index < -0.39 is 0 Å². The maximum atomic E-state index is 4.88. The van der Waals surface area contributed by atoms with Crippen LogP contribution in [0.3, 0.4) is 0 Å². The summed E-state index contributed by atoms with van der Waals surface area (Å²) in [6.45, 7) is 0. The molecule has 2 heteroatoms. The summed E-state index contributed by atoms with van der Waals surface area (Å²) < 4.78 is 2.47. The van der Waals surface area contributed by atoms with Gasteiger partial charge in [-0.25, -0.2) is 0 Å². The Hall–Kier alpha value is -4.04. The molecule has 2 nitrogen and oxygen atoms in total. The maximum Gasteiger partial charge on any atom is 0.328 e. The van der Waals surface area contributed by atoms with Gasteiger partial charge in [-0.2, -0.15) is 4.57 Å². The van der Waals surface area contributed by atoms with Gasteiger partial charge in [0.05, 0.1) is 0 Å². The van der Waals surface area contributed by atoms with E-state index in [1.807, 2.05) is 12.3 Å². The third kappa shape index (κ3) is 2.88. The smallest absolute Gasteiger partial charge is 0.188 e. The highest BCUT2D eigenvalue weighted by atomic mass is 15.1. The van der Waals surface area contributed by atoms with E-state index in [-0.39, 0.29) is 0 Å². The first-order chi connectivity index (χ1) is 16.9. The molecule has 0 spiro atoms. The van der Waals surface area contributed by atoms with Crippen molar-refractivity contribution in [3.8, 4) is 39.5 Å². The lowest BCUT2D eigenvalue weighted by atomic mass is 9.77. The Bertz CT molecular complexity index is 1460. The van der Waals surface area contributed by atoms with Crippen molar-refractivity contribution in [3.05, 3.63) is 126 Å². The fourth-order valence-corrected chi connectivity index (χ4v) is 5.98. The summed E-state index contributed by atoms with van der Waals surface area (Å²) in [7, 11) is 0. The predicted molar refractivity (Wildman–Crippen MR) is 137 cm³/mol. The summed E-state index contributed by atoms with van der Waals surface area (Å²) in [5.74, 6) is 0.989. The fraction of sp³-hybridized carbons (Fsp3) is 0.125. The van der Waals surface area contributed by atoms with Crippen molar-refractivity contribution in [1.29, 1.82) is 0 Å². The Balaban J connectivity index is 1.71.